The van der Waals surface area contributed by atoms with Gasteiger partial charge in [0.1, 0.15) is 11.8 Å². The van der Waals surface area contributed by atoms with Gasteiger partial charge in [-0.25, -0.2) is 0 Å². The fourth-order valence-electron chi connectivity index (χ4n) is 1.57. The average molecular weight is 280 g/mol. The van der Waals surface area contributed by atoms with E-state index in [0.717, 1.165) is 0 Å². The molecule has 2 amide bonds. The van der Waals surface area contributed by atoms with E-state index in [0.29, 0.717) is 25.9 Å². The lowest BCUT2D eigenvalue weighted by atomic mass is 9.83. The number of nitriles is 2. The summed E-state index contributed by atoms with van der Waals surface area (Å²) in [6, 6.07) is 3.77. The van der Waals surface area contributed by atoms with Crippen LogP contribution in [-0.2, 0) is 9.59 Å². The van der Waals surface area contributed by atoms with Crippen LogP contribution in [0.15, 0.2) is 0 Å². The maximum atomic E-state index is 10.9. The molecule has 0 atom stereocenters. The molecule has 0 saturated heterocycles. The number of carbonyl (C=O) groups is 2. The zero-order chi connectivity index (χ0) is 16.2. The topological polar surface area (TPSA) is 111 Å². The third-order valence-corrected chi connectivity index (χ3v) is 3.24. The van der Waals surface area contributed by atoms with Gasteiger partial charge in [0.25, 0.3) is 0 Å². The minimum absolute atomic E-state index is 0.00167. The third kappa shape index (κ3) is 6.19. The van der Waals surface area contributed by atoms with Crippen molar-refractivity contribution < 1.29 is 9.59 Å². The number of primary amides is 1. The molecule has 0 bridgehead atoms. The predicted molar refractivity (Wildman–Crippen MR) is 76.0 cm³/mol. The molecule has 20 heavy (non-hydrogen) atoms. The Morgan fingerprint density at radius 1 is 1.10 bits per heavy atom. The molecule has 0 aliphatic heterocycles. The van der Waals surface area contributed by atoms with E-state index in [4.69, 9.17) is 16.3 Å². The summed E-state index contributed by atoms with van der Waals surface area (Å²) in [7, 11) is 0. The molecule has 2 N–H and O–H groups in total. The summed E-state index contributed by atoms with van der Waals surface area (Å²) in [5.74, 6) is -0.590. The van der Waals surface area contributed by atoms with Crippen LogP contribution in [0.4, 0.5) is 0 Å². The Morgan fingerprint density at radius 3 is 1.70 bits per heavy atom. The maximum Gasteiger partial charge on any atom is 0.237 e. The first-order valence-electron chi connectivity index (χ1n) is 6.74. The molecule has 0 aliphatic carbocycles. The maximum absolute atomic E-state index is 10.9. The molecular weight excluding hydrogens is 256 g/mol. The van der Waals surface area contributed by atoms with Crippen molar-refractivity contribution in [2.45, 2.75) is 47.0 Å². The van der Waals surface area contributed by atoms with Crippen LogP contribution >= 0.6 is 0 Å². The van der Waals surface area contributed by atoms with Gasteiger partial charge in [-0.1, -0.05) is 13.8 Å². The highest BCUT2D eigenvalue weighted by molar-refractivity contribution is 5.83. The van der Waals surface area contributed by atoms with Gasteiger partial charge in [-0.05, 0) is 26.7 Å². The molecule has 0 heterocycles. The van der Waals surface area contributed by atoms with E-state index < -0.39 is 11.3 Å². The van der Waals surface area contributed by atoms with Crippen molar-refractivity contribution in [2.75, 3.05) is 13.1 Å². The zero-order valence-electron chi connectivity index (χ0n) is 12.8. The third-order valence-electron chi connectivity index (χ3n) is 3.24. The summed E-state index contributed by atoms with van der Waals surface area (Å²) >= 11 is 0. The molecule has 0 rings (SSSR count). The van der Waals surface area contributed by atoms with Gasteiger partial charge in [0.05, 0.1) is 12.1 Å². The SMILES string of the molecule is CCC(C#N)(CC)C(N)=O.CCN(CC)C(=O)CC#N. The minimum atomic E-state index is -0.931. The van der Waals surface area contributed by atoms with Crippen molar-refractivity contribution in [1.29, 1.82) is 10.5 Å². The highest BCUT2D eigenvalue weighted by atomic mass is 16.2. The number of nitrogens with zero attached hydrogens (tertiary/aromatic N) is 3. The van der Waals surface area contributed by atoms with Gasteiger partial charge < -0.3 is 10.6 Å². The van der Waals surface area contributed by atoms with Crippen molar-refractivity contribution in [3.05, 3.63) is 0 Å². The van der Waals surface area contributed by atoms with E-state index in [1.54, 1.807) is 18.7 Å². The first-order chi connectivity index (χ1) is 9.38. The summed E-state index contributed by atoms with van der Waals surface area (Å²) in [6.07, 6.45) is 0.992. The van der Waals surface area contributed by atoms with Crippen LogP contribution in [0.5, 0.6) is 0 Å². The largest absolute Gasteiger partial charge is 0.368 e. The van der Waals surface area contributed by atoms with E-state index in [2.05, 4.69) is 0 Å². The average Bonchev–Trinajstić information content (AvgIpc) is 2.43. The van der Waals surface area contributed by atoms with Crippen molar-refractivity contribution in [3.63, 3.8) is 0 Å². The van der Waals surface area contributed by atoms with E-state index in [1.807, 2.05) is 26.0 Å². The second-order valence-electron chi connectivity index (χ2n) is 4.17. The number of amides is 2. The summed E-state index contributed by atoms with van der Waals surface area (Å²) in [4.78, 5) is 23.3. The van der Waals surface area contributed by atoms with Gasteiger partial charge >= 0.3 is 0 Å². The zero-order valence-corrected chi connectivity index (χ0v) is 12.8. The van der Waals surface area contributed by atoms with Crippen molar-refractivity contribution >= 4 is 11.8 Å². The molecule has 0 aromatic heterocycles. The van der Waals surface area contributed by atoms with Crippen LogP contribution in [0.1, 0.15) is 47.0 Å². The minimum Gasteiger partial charge on any atom is -0.368 e. The van der Waals surface area contributed by atoms with E-state index >= 15 is 0 Å². The molecule has 0 aliphatic rings. The first-order valence-corrected chi connectivity index (χ1v) is 6.74. The van der Waals surface area contributed by atoms with E-state index in [1.165, 1.54) is 0 Å². The number of hydrogen-bond acceptors (Lipinski definition) is 4. The smallest absolute Gasteiger partial charge is 0.237 e. The van der Waals surface area contributed by atoms with Gasteiger partial charge in [-0.15, -0.1) is 0 Å². The van der Waals surface area contributed by atoms with Crippen LogP contribution in [0.2, 0.25) is 0 Å². The molecule has 6 heteroatoms. The molecule has 0 radical (unpaired) electrons. The lowest BCUT2D eigenvalue weighted by Crippen LogP contribution is -2.34. The van der Waals surface area contributed by atoms with Crippen LogP contribution in [0.25, 0.3) is 0 Å². The molecule has 112 valence electrons. The highest BCUT2D eigenvalue weighted by Crippen LogP contribution is 2.23. The van der Waals surface area contributed by atoms with Crippen molar-refractivity contribution in [1.82, 2.24) is 4.90 Å². The fraction of sp³-hybridized carbons (Fsp3) is 0.714. The number of nitrogens with two attached hydrogens (primary N) is 1. The fourth-order valence-corrected chi connectivity index (χ4v) is 1.57. The van der Waals surface area contributed by atoms with Crippen LogP contribution in [-0.4, -0.2) is 29.8 Å². The van der Waals surface area contributed by atoms with Crippen molar-refractivity contribution in [2.24, 2.45) is 11.1 Å². The van der Waals surface area contributed by atoms with Crippen LogP contribution in [0.3, 0.4) is 0 Å². The molecule has 0 aromatic carbocycles. The quantitative estimate of drug-likeness (QED) is 0.795. The Morgan fingerprint density at radius 2 is 1.55 bits per heavy atom. The van der Waals surface area contributed by atoms with E-state index in [9.17, 15) is 9.59 Å². The van der Waals surface area contributed by atoms with Gasteiger partial charge in [0.15, 0.2) is 0 Å². The Labute approximate surface area is 121 Å². The van der Waals surface area contributed by atoms with E-state index in [-0.39, 0.29) is 12.3 Å². The highest BCUT2D eigenvalue weighted by Gasteiger charge is 2.32. The van der Waals surface area contributed by atoms with Crippen LogP contribution < -0.4 is 5.73 Å². The lowest BCUT2D eigenvalue weighted by molar-refractivity contribution is -0.129. The summed E-state index contributed by atoms with van der Waals surface area (Å²) in [5.41, 5.74) is 4.11. The predicted octanol–water partition coefficient (Wildman–Crippen LogP) is 1.57. The second-order valence-corrected chi connectivity index (χ2v) is 4.17. The Balaban J connectivity index is 0. The monoisotopic (exact) mass is 280 g/mol. The van der Waals surface area contributed by atoms with Gasteiger partial charge in [-0.2, -0.15) is 10.5 Å². The number of hydrogen-bond donors (Lipinski definition) is 1. The Bertz CT molecular complexity index is 383. The molecular formula is C14H24N4O2. The molecule has 6 nitrogen and oxygen atoms in total. The molecule has 0 unspecified atom stereocenters. The summed E-state index contributed by atoms with van der Waals surface area (Å²) < 4.78 is 0. The van der Waals surface area contributed by atoms with Crippen LogP contribution in [0, 0.1) is 28.1 Å². The normalized spacial score (nSPS) is 9.50. The standard InChI is InChI=1S/2C7H12N2O/c1-3-7(4-2,5-8)6(9)10;1-3-9(4-2)7(10)5-6-8/h3-4H2,1-2H3,(H2,9,10);3-5H2,1-2H3. The second kappa shape index (κ2) is 10.8. The Kier molecular flexibility index (Phi) is 10.9. The summed E-state index contributed by atoms with van der Waals surface area (Å²) in [5, 5.41) is 16.8. The van der Waals surface area contributed by atoms with Gasteiger partial charge in [0.2, 0.25) is 11.8 Å². The van der Waals surface area contributed by atoms with Gasteiger partial charge in [-0.3, -0.25) is 9.59 Å². The molecule has 0 saturated carbocycles. The molecule has 0 fully saturated rings. The Hall–Kier alpha value is -2.08. The first kappa shape index (κ1) is 20.2. The van der Waals surface area contributed by atoms with Gasteiger partial charge in [0, 0.05) is 13.1 Å². The number of rotatable bonds is 6. The lowest BCUT2D eigenvalue weighted by Gasteiger charge is -2.17. The molecule has 0 aromatic rings. The number of carbonyl (C=O) groups excluding carboxylic acids is 2. The van der Waals surface area contributed by atoms with Crippen molar-refractivity contribution in [3.8, 4) is 12.1 Å². The molecule has 0 spiro atoms. The summed E-state index contributed by atoms with van der Waals surface area (Å²) in [6.45, 7) is 8.76.